The van der Waals surface area contributed by atoms with Gasteiger partial charge in [0.05, 0.1) is 0 Å². The molecule has 2 fully saturated rings. The van der Waals surface area contributed by atoms with E-state index in [1.54, 1.807) is 0 Å². The Morgan fingerprint density at radius 3 is 3.00 bits per heavy atom. The van der Waals surface area contributed by atoms with Gasteiger partial charge < -0.3 is 4.90 Å². The van der Waals surface area contributed by atoms with Gasteiger partial charge in [0.25, 0.3) is 0 Å². The molecule has 1 aliphatic carbocycles. The Hall–Kier alpha value is -0.370. The Kier molecular flexibility index (Phi) is 1.72. The maximum Gasteiger partial charge on any atom is 0.138 e. The number of nitrogens with zero attached hydrogens (tertiary/aromatic N) is 1. The number of hydrogen-bond donors (Lipinski definition) is 0. The number of hydrogen-bond acceptors (Lipinski definition) is 2. The highest BCUT2D eigenvalue weighted by atomic mass is 16.1. The molecule has 0 bridgehead atoms. The molecule has 11 heavy (non-hydrogen) atoms. The van der Waals surface area contributed by atoms with Crippen LogP contribution in [0.3, 0.4) is 0 Å². The van der Waals surface area contributed by atoms with Crippen molar-refractivity contribution in [3.8, 4) is 0 Å². The Bertz CT molecular complexity index is 178. The first kappa shape index (κ1) is 7.29. The van der Waals surface area contributed by atoms with Gasteiger partial charge in [-0.1, -0.05) is 6.42 Å². The Morgan fingerprint density at radius 1 is 1.45 bits per heavy atom. The normalized spacial score (nSPS) is 39.2. The number of likely N-dealkylation sites (tertiary alicyclic amines) is 1. The number of rotatable bonds is 0. The van der Waals surface area contributed by atoms with E-state index in [1.165, 1.54) is 12.8 Å². The van der Waals surface area contributed by atoms with Crippen molar-refractivity contribution in [3.05, 3.63) is 0 Å². The molecule has 0 spiro atoms. The molecule has 0 N–H and O–H groups in total. The molecule has 0 aromatic carbocycles. The fraction of sp³-hybridized carbons (Fsp3) is 0.889. The molecule has 1 heterocycles. The van der Waals surface area contributed by atoms with Crippen LogP contribution in [-0.2, 0) is 4.79 Å². The maximum atomic E-state index is 11.4. The van der Waals surface area contributed by atoms with Crippen molar-refractivity contribution in [3.63, 3.8) is 0 Å². The fourth-order valence-electron chi connectivity index (χ4n) is 2.48. The molecule has 0 amide bonds. The number of piperidine rings is 1. The van der Waals surface area contributed by atoms with Crippen LogP contribution in [-0.4, -0.2) is 30.3 Å². The molecule has 2 aliphatic rings. The van der Waals surface area contributed by atoms with Gasteiger partial charge in [-0.3, -0.25) is 4.79 Å². The summed E-state index contributed by atoms with van der Waals surface area (Å²) in [7, 11) is 2.15. The molecular weight excluding hydrogens is 138 g/mol. The van der Waals surface area contributed by atoms with Crippen molar-refractivity contribution in [2.24, 2.45) is 5.92 Å². The third-order valence-electron chi connectivity index (χ3n) is 3.17. The highest BCUT2D eigenvalue weighted by molar-refractivity contribution is 5.83. The van der Waals surface area contributed by atoms with Crippen LogP contribution in [0.1, 0.15) is 25.7 Å². The molecule has 0 aromatic rings. The average Bonchev–Trinajstić information content (AvgIpc) is 2.45. The summed E-state index contributed by atoms with van der Waals surface area (Å²) in [6.07, 6.45) is 4.43. The zero-order valence-electron chi connectivity index (χ0n) is 7.05. The molecule has 1 aliphatic heterocycles. The molecule has 0 unspecified atom stereocenters. The van der Waals surface area contributed by atoms with Crippen molar-refractivity contribution in [1.29, 1.82) is 0 Å². The summed E-state index contributed by atoms with van der Waals surface area (Å²) in [6.45, 7) is 0.986. The van der Waals surface area contributed by atoms with Gasteiger partial charge in [0.15, 0.2) is 0 Å². The lowest BCUT2D eigenvalue weighted by atomic mass is 9.91. The average molecular weight is 153 g/mol. The fourth-order valence-corrected chi connectivity index (χ4v) is 2.48. The van der Waals surface area contributed by atoms with Gasteiger partial charge in [0.1, 0.15) is 5.78 Å². The highest BCUT2D eigenvalue weighted by Crippen LogP contribution is 2.33. The van der Waals surface area contributed by atoms with Crippen LogP contribution in [0.25, 0.3) is 0 Å². The monoisotopic (exact) mass is 153 g/mol. The van der Waals surface area contributed by atoms with Gasteiger partial charge in [-0.2, -0.15) is 0 Å². The number of fused-ring (bicyclic) bond motifs is 1. The van der Waals surface area contributed by atoms with Gasteiger partial charge in [0, 0.05) is 24.9 Å². The number of carbonyl (C=O) groups is 1. The standard InChI is InChI=1S/C9H15NO/c1-10-6-5-9(11)7-3-2-4-8(7)10/h7-8H,2-6H2,1H3/t7-,8-/m1/s1. The summed E-state index contributed by atoms with van der Waals surface area (Å²) in [5.41, 5.74) is 0. The molecule has 0 radical (unpaired) electrons. The van der Waals surface area contributed by atoms with Crippen molar-refractivity contribution in [1.82, 2.24) is 4.90 Å². The SMILES string of the molecule is CN1CCC(=O)[C@@H]2CCC[C@H]21. The van der Waals surface area contributed by atoms with Gasteiger partial charge in [0.2, 0.25) is 0 Å². The van der Waals surface area contributed by atoms with E-state index in [9.17, 15) is 4.79 Å². The van der Waals surface area contributed by atoms with E-state index in [2.05, 4.69) is 11.9 Å². The van der Waals surface area contributed by atoms with Crippen LogP contribution < -0.4 is 0 Å². The van der Waals surface area contributed by atoms with E-state index in [4.69, 9.17) is 0 Å². The van der Waals surface area contributed by atoms with Crippen molar-refractivity contribution in [2.75, 3.05) is 13.6 Å². The minimum atomic E-state index is 0.397. The smallest absolute Gasteiger partial charge is 0.138 e. The molecule has 62 valence electrons. The first-order valence-electron chi connectivity index (χ1n) is 4.52. The van der Waals surface area contributed by atoms with E-state index >= 15 is 0 Å². The lowest BCUT2D eigenvalue weighted by molar-refractivity contribution is -0.127. The maximum absolute atomic E-state index is 11.4. The van der Waals surface area contributed by atoms with Gasteiger partial charge in [-0.25, -0.2) is 0 Å². The molecule has 2 rings (SSSR count). The van der Waals surface area contributed by atoms with E-state index in [0.29, 0.717) is 17.7 Å². The molecular formula is C9H15NO. The summed E-state index contributed by atoms with van der Waals surface area (Å²) in [5, 5.41) is 0. The number of Topliss-reactive ketones (excluding diaryl/α,β-unsaturated/α-hetero) is 1. The summed E-state index contributed by atoms with van der Waals surface area (Å²) >= 11 is 0. The van der Waals surface area contributed by atoms with Crippen molar-refractivity contribution in [2.45, 2.75) is 31.7 Å². The Labute approximate surface area is 67.6 Å². The van der Waals surface area contributed by atoms with Crippen LogP contribution in [0.2, 0.25) is 0 Å². The predicted octanol–water partition coefficient (Wildman–Crippen LogP) is 1.06. The number of ketones is 1. The van der Waals surface area contributed by atoms with Crippen LogP contribution in [0, 0.1) is 5.92 Å². The zero-order chi connectivity index (χ0) is 7.84. The van der Waals surface area contributed by atoms with Crippen LogP contribution in [0.5, 0.6) is 0 Å². The van der Waals surface area contributed by atoms with Crippen LogP contribution in [0.4, 0.5) is 0 Å². The van der Waals surface area contributed by atoms with Crippen LogP contribution >= 0.6 is 0 Å². The second-order valence-electron chi connectivity index (χ2n) is 3.80. The molecule has 2 nitrogen and oxygen atoms in total. The van der Waals surface area contributed by atoms with Gasteiger partial charge in [-0.05, 0) is 19.9 Å². The number of carbonyl (C=O) groups excluding carboxylic acids is 1. The minimum Gasteiger partial charge on any atom is -0.302 e. The summed E-state index contributed by atoms with van der Waals surface area (Å²) in [6, 6.07) is 0.594. The largest absolute Gasteiger partial charge is 0.302 e. The second-order valence-corrected chi connectivity index (χ2v) is 3.80. The Balaban J connectivity index is 2.14. The molecule has 1 saturated carbocycles. The van der Waals surface area contributed by atoms with E-state index in [1.807, 2.05) is 0 Å². The second kappa shape index (κ2) is 2.59. The van der Waals surface area contributed by atoms with E-state index in [-0.39, 0.29) is 0 Å². The van der Waals surface area contributed by atoms with Crippen molar-refractivity contribution >= 4 is 5.78 Å². The molecule has 0 aromatic heterocycles. The molecule has 1 saturated heterocycles. The third-order valence-corrected chi connectivity index (χ3v) is 3.17. The van der Waals surface area contributed by atoms with Crippen molar-refractivity contribution < 1.29 is 4.79 Å². The predicted molar refractivity (Wildman–Crippen MR) is 43.4 cm³/mol. The third kappa shape index (κ3) is 1.09. The van der Waals surface area contributed by atoms with Gasteiger partial charge >= 0.3 is 0 Å². The lowest BCUT2D eigenvalue weighted by Gasteiger charge is -2.33. The first-order chi connectivity index (χ1) is 5.29. The zero-order valence-corrected chi connectivity index (χ0v) is 7.05. The van der Waals surface area contributed by atoms with Gasteiger partial charge in [-0.15, -0.1) is 0 Å². The minimum absolute atomic E-state index is 0.397. The Morgan fingerprint density at radius 2 is 2.27 bits per heavy atom. The molecule has 2 heteroatoms. The van der Waals surface area contributed by atoms with E-state index < -0.39 is 0 Å². The first-order valence-corrected chi connectivity index (χ1v) is 4.52. The summed E-state index contributed by atoms with van der Waals surface area (Å²) in [5.74, 6) is 0.916. The molecule has 2 atom stereocenters. The quantitative estimate of drug-likeness (QED) is 0.518. The van der Waals surface area contributed by atoms with E-state index in [0.717, 1.165) is 19.4 Å². The highest BCUT2D eigenvalue weighted by Gasteiger charge is 2.38. The summed E-state index contributed by atoms with van der Waals surface area (Å²) in [4.78, 5) is 13.8. The summed E-state index contributed by atoms with van der Waals surface area (Å²) < 4.78 is 0. The lowest BCUT2D eigenvalue weighted by Crippen LogP contribution is -2.44. The topological polar surface area (TPSA) is 20.3 Å². The van der Waals surface area contributed by atoms with Crippen LogP contribution in [0.15, 0.2) is 0 Å².